The SMILES string of the molecule is NC1CNNC1C(=O)Nc1csnn1. The van der Waals surface area contributed by atoms with E-state index < -0.39 is 6.04 Å². The van der Waals surface area contributed by atoms with Crippen molar-refractivity contribution >= 4 is 23.3 Å². The molecule has 1 aromatic heterocycles. The van der Waals surface area contributed by atoms with E-state index in [2.05, 4.69) is 25.8 Å². The molecule has 0 aromatic carbocycles. The van der Waals surface area contributed by atoms with Gasteiger partial charge in [-0.25, -0.2) is 5.43 Å². The Kier molecular flexibility index (Phi) is 2.68. The van der Waals surface area contributed by atoms with Crippen molar-refractivity contribution in [3.8, 4) is 0 Å². The molecule has 8 heteroatoms. The Morgan fingerprint density at radius 3 is 3.21 bits per heavy atom. The molecule has 2 heterocycles. The van der Waals surface area contributed by atoms with E-state index in [4.69, 9.17) is 5.73 Å². The zero-order valence-corrected chi connectivity index (χ0v) is 8.04. The number of nitrogens with two attached hydrogens (primary N) is 1. The normalized spacial score (nSPS) is 26.4. The van der Waals surface area contributed by atoms with Gasteiger partial charge in [0.15, 0.2) is 5.82 Å². The van der Waals surface area contributed by atoms with E-state index in [0.717, 1.165) is 0 Å². The third kappa shape index (κ3) is 1.87. The molecule has 0 bridgehead atoms. The van der Waals surface area contributed by atoms with Crippen LogP contribution in [0.2, 0.25) is 0 Å². The topological polar surface area (TPSA) is 105 Å². The molecular formula is C6H10N6OS. The van der Waals surface area contributed by atoms with Gasteiger partial charge in [-0.3, -0.25) is 10.2 Å². The molecule has 5 N–H and O–H groups in total. The van der Waals surface area contributed by atoms with Crippen molar-refractivity contribution in [2.45, 2.75) is 12.1 Å². The van der Waals surface area contributed by atoms with E-state index in [9.17, 15) is 4.79 Å². The molecule has 2 unspecified atom stereocenters. The van der Waals surface area contributed by atoms with E-state index in [0.29, 0.717) is 12.4 Å². The van der Waals surface area contributed by atoms with Crippen LogP contribution in [0.25, 0.3) is 0 Å². The molecule has 1 fully saturated rings. The van der Waals surface area contributed by atoms with Gasteiger partial charge in [-0.15, -0.1) is 5.10 Å². The quantitative estimate of drug-likeness (QED) is 0.467. The first-order chi connectivity index (χ1) is 6.77. The highest BCUT2D eigenvalue weighted by molar-refractivity contribution is 7.03. The predicted molar refractivity (Wildman–Crippen MR) is 51.4 cm³/mol. The number of hydrogen-bond acceptors (Lipinski definition) is 7. The number of carbonyl (C=O) groups is 1. The average Bonchev–Trinajstić information content (AvgIpc) is 2.75. The lowest BCUT2D eigenvalue weighted by Crippen LogP contribution is -2.47. The van der Waals surface area contributed by atoms with E-state index in [1.165, 1.54) is 11.5 Å². The number of rotatable bonds is 2. The lowest BCUT2D eigenvalue weighted by atomic mass is 10.1. The van der Waals surface area contributed by atoms with Crippen LogP contribution in [0, 0.1) is 0 Å². The molecule has 2 atom stereocenters. The molecule has 1 aromatic rings. The van der Waals surface area contributed by atoms with Crippen LogP contribution in [0.15, 0.2) is 5.38 Å². The van der Waals surface area contributed by atoms with Crippen molar-refractivity contribution in [3.05, 3.63) is 5.38 Å². The van der Waals surface area contributed by atoms with Crippen LogP contribution in [0.5, 0.6) is 0 Å². The highest BCUT2D eigenvalue weighted by Crippen LogP contribution is 2.05. The summed E-state index contributed by atoms with van der Waals surface area (Å²) in [6.45, 7) is 0.577. The number of hydrazine groups is 1. The Labute approximate surface area is 84.2 Å². The smallest absolute Gasteiger partial charge is 0.245 e. The first-order valence-corrected chi connectivity index (χ1v) is 4.93. The Bertz CT molecular complexity index is 314. The molecule has 0 saturated carbocycles. The fraction of sp³-hybridized carbons (Fsp3) is 0.500. The van der Waals surface area contributed by atoms with Gasteiger partial charge in [0.2, 0.25) is 5.91 Å². The highest BCUT2D eigenvalue weighted by atomic mass is 32.1. The minimum absolute atomic E-state index is 0.199. The predicted octanol–water partition coefficient (Wildman–Crippen LogP) is -1.72. The maximum Gasteiger partial charge on any atom is 0.245 e. The summed E-state index contributed by atoms with van der Waals surface area (Å²) >= 11 is 1.18. The van der Waals surface area contributed by atoms with Crippen LogP contribution >= 0.6 is 11.5 Å². The molecule has 14 heavy (non-hydrogen) atoms. The van der Waals surface area contributed by atoms with Gasteiger partial charge in [0, 0.05) is 12.6 Å². The number of hydrogen-bond donors (Lipinski definition) is 4. The average molecular weight is 214 g/mol. The van der Waals surface area contributed by atoms with Gasteiger partial charge in [-0.2, -0.15) is 0 Å². The number of aromatic nitrogens is 2. The van der Waals surface area contributed by atoms with Crippen molar-refractivity contribution < 1.29 is 4.79 Å². The summed E-state index contributed by atoms with van der Waals surface area (Å²) in [6, 6.07) is -0.640. The minimum atomic E-state index is -0.420. The molecule has 1 amide bonds. The second-order valence-corrected chi connectivity index (χ2v) is 3.56. The van der Waals surface area contributed by atoms with Crippen molar-refractivity contribution in [2.75, 3.05) is 11.9 Å². The second kappa shape index (κ2) is 3.96. The number of anilines is 1. The first kappa shape index (κ1) is 9.46. The van der Waals surface area contributed by atoms with Crippen LogP contribution in [0.4, 0.5) is 5.82 Å². The standard InChI is InChI=1S/C6H10N6OS/c7-3-1-8-11-5(3)6(13)9-4-2-14-12-10-4/h2-3,5,8,11H,1,7H2,(H,9,13). The summed E-state index contributed by atoms with van der Waals surface area (Å²) in [5, 5.41) is 7.97. The largest absolute Gasteiger partial charge is 0.325 e. The summed E-state index contributed by atoms with van der Waals surface area (Å²) in [7, 11) is 0. The lowest BCUT2D eigenvalue weighted by molar-refractivity contribution is -0.118. The number of amides is 1. The van der Waals surface area contributed by atoms with Crippen molar-refractivity contribution in [3.63, 3.8) is 0 Å². The third-order valence-electron chi connectivity index (χ3n) is 1.92. The fourth-order valence-corrected chi connectivity index (χ4v) is 1.58. The molecule has 0 radical (unpaired) electrons. The Morgan fingerprint density at radius 2 is 2.64 bits per heavy atom. The van der Waals surface area contributed by atoms with Gasteiger partial charge in [0.05, 0.1) is 5.38 Å². The Balaban J connectivity index is 1.95. The van der Waals surface area contributed by atoms with E-state index in [-0.39, 0.29) is 11.9 Å². The van der Waals surface area contributed by atoms with E-state index in [1.54, 1.807) is 5.38 Å². The van der Waals surface area contributed by atoms with Crippen molar-refractivity contribution in [1.29, 1.82) is 0 Å². The summed E-state index contributed by atoms with van der Waals surface area (Å²) in [5.74, 6) is 0.260. The van der Waals surface area contributed by atoms with Gasteiger partial charge in [0.1, 0.15) is 6.04 Å². The van der Waals surface area contributed by atoms with Crippen LogP contribution in [0.3, 0.4) is 0 Å². The van der Waals surface area contributed by atoms with Crippen LogP contribution in [-0.2, 0) is 4.79 Å². The summed E-state index contributed by atoms with van der Waals surface area (Å²) in [4.78, 5) is 11.6. The molecule has 2 rings (SSSR count). The summed E-state index contributed by atoms with van der Waals surface area (Å²) in [6.07, 6.45) is 0. The summed E-state index contributed by atoms with van der Waals surface area (Å²) < 4.78 is 3.63. The first-order valence-electron chi connectivity index (χ1n) is 4.09. The Morgan fingerprint density at radius 1 is 1.79 bits per heavy atom. The molecule has 1 aliphatic heterocycles. The van der Waals surface area contributed by atoms with Crippen LogP contribution in [-0.4, -0.2) is 34.1 Å². The van der Waals surface area contributed by atoms with Gasteiger partial charge < -0.3 is 11.1 Å². The molecule has 0 aliphatic carbocycles. The number of nitrogens with one attached hydrogen (secondary N) is 3. The maximum atomic E-state index is 11.6. The zero-order chi connectivity index (χ0) is 9.97. The second-order valence-electron chi connectivity index (χ2n) is 2.95. The zero-order valence-electron chi connectivity index (χ0n) is 7.23. The summed E-state index contributed by atoms with van der Waals surface area (Å²) in [5.41, 5.74) is 11.3. The van der Waals surface area contributed by atoms with Crippen LogP contribution < -0.4 is 21.9 Å². The minimum Gasteiger partial charge on any atom is -0.325 e. The molecule has 76 valence electrons. The molecule has 7 nitrogen and oxygen atoms in total. The van der Waals surface area contributed by atoms with Crippen molar-refractivity contribution in [1.82, 2.24) is 20.4 Å². The van der Waals surface area contributed by atoms with E-state index in [1.807, 2.05) is 0 Å². The highest BCUT2D eigenvalue weighted by Gasteiger charge is 2.30. The number of carbonyl (C=O) groups excluding carboxylic acids is 1. The molecular weight excluding hydrogens is 204 g/mol. The maximum absolute atomic E-state index is 11.6. The van der Waals surface area contributed by atoms with Crippen molar-refractivity contribution in [2.24, 2.45) is 5.73 Å². The van der Waals surface area contributed by atoms with Gasteiger partial charge >= 0.3 is 0 Å². The Hall–Kier alpha value is -1.09. The third-order valence-corrected chi connectivity index (χ3v) is 2.42. The molecule has 1 aliphatic rings. The lowest BCUT2D eigenvalue weighted by Gasteiger charge is -2.12. The van der Waals surface area contributed by atoms with Gasteiger partial charge in [-0.05, 0) is 11.5 Å². The van der Waals surface area contributed by atoms with E-state index >= 15 is 0 Å². The van der Waals surface area contributed by atoms with Gasteiger partial charge in [0.25, 0.3) is 0 Å². The fourth-order valence-electron chi connectivity index (χ4n) is 1.19. The van der Waals surface area contributed by atoms with Crippen LogP contribution in [0.1, 0.15) is 0 Å². The molecule has 1 saturated heterocycles. The molecule has 0 spiro atoms. The number of nitrogens with zero attached hydrogens (tertiary/aromatic N) is 2. The van der Waals surface area contributed by atoms with Gasteiger partial charge in [-0.1, -0.05) is 4.49 Å². The monoisotopic (exact) mass is 214 g/mol.